The third-order valence-electron chi connectivity index (χ3n) is 11.3. The van der Waals surface area contributed by atoms with Crippen LogP contribution in [0.1, 0.15) is 36.7 Å². The zero-order valence-corrected chi connectivity index (χ0v) is 28.4. The van der Waals surface area contributed by atoms with Gasteiger partial charge in [-0.3, -0.25) is 0 Å². The van der Waals surface area contributed by atoms with Crippen LogP contribution in [0.15, 0.2) is 168 Å². The van der Waals surface area contributed by atoms with Crippen molar-refractivity contribution in [1.29, 1.82) is 0 Å². The molecule has 0 bridgehead atoms. The summed E-state index contributed by atoms with van der Waals surface area (Å²) < 4.78 is 4.87. The van der Waals surface area contributed by atoms with E-state index in [0.29, 0.717) is 0 Å². The second-order valence-electron chi connectivity index (χ2n) is 14.5. The first-order chi connectivity index (χ1) is 25.1. The molecule has 51 heavy (non-hydrogen) atoms. The minimum absolute atomic E-state index is 0.236. The van der Waals surface area contributed by atoms with Crippen molar-refractivity contribution >= 4 is 65.9 Å². The van der Waals surface area contributed by atoms with E-state index in [4.69, 9.17) is 4.99 Å². The standard InChI is InChI=1S/C47H34N4/c1-47(2)38-21-11-8-20-35(38)44-43(47)46(51-40-23-13-10-19-34(40)37-26-29-14-6-7-15-30(29)28-42(37)51)49-45(48-44)31-24-25-41-36(27-31)33-18-9-12-22-39(33)50(41)32-16-4-3-5-17-32/h3-28,46H,1-2H3,(H,48,49). The Morgan fingerprint density at radius 3 is 2.00 bits per heavy atom. The van der Waals surface area contributed by atoms with E-state index in [1.54, 1.807) is 0 Å². The maximum absolute atomic E-state index is 5.75. The van der Waals surface area contributed by atoms with Crippen molar-refractivity contribution in [3.8, 4) is 5.69 Å². The minimum atomic E-state index is -0.261. The normalized spacial score (nSPS) is 16.6. The van der Waals surface area contributed by atoms with Crippen molar-refractivity contribution in [3.63, 3.8) is 0 Å². The Labute approximate surface area is 295 Å². The van der Waals surface area contributed by atoms with Crippen LogP contribution in [0.4, 0.5) is 0 Å². The molecule has 2 aliphatic rings. The van der Waals surface area contributed by atoms with E-state index >= 15 is 0 Å². The number of amidine groups is 1. The first-order valence-electron chi connectivity index (χ1n) is 17.8. The highest BCUT2D eigenvalue weighted by atomic mass is 15.2. The third kappa shape index (κ3) is 3.93. The lowest BCUT2D eigenvalue weighted by atomic mass is 9.79. The van der Waals surface area contributed by atoms with Gasteiger partial charge in [0.05, 0.1) is 27.8 Å². The molecule has 1 unspecified atom stereocenters. The number of benzene rings is 7. The highest BCUT2D eigenvalue weighted by molar-refractivity contribution is 6.15. The van der Waals surface area contributed by atoms with E-state index in [9.17, 15) is 0 Å². The van der Waals surface area contributed by atoms with Crippen molar-refractivity contribution < 1.29 is 0 Å². The largest absolute Gasteiger partial charge is 0.339 e. The summed E-state index contributed by atoms with van der Waals surface area (Å²) in [6.45, 7) is 4.72. The summed E-state index contributed by atoms with van der Waals surface area (Å²) in [5.41, 5.74) is 11.8. The molecule has 3 heterocycles. The first-order valence-corrected chi connectivity index (χ1v) is 17.8. The molecule has 0 fully saturated rings. The molecular weight excluding hydrogens is 621 g/mol. The highest BCUT2D eigenvalue weighted by Crippen LogP contribution is 2.53. The van der Waals surface area contributed by atoms with Crippen molar-refractivity contribution in [1.82, 2.24) is 14.5 Å². The van der Waals surface area contributed by atoms with Crippen LogP contribution < -0.4 is 5.32 Å². The number of aliphatic imine (C=N–C) groups is 1. The Morgan fingerprint density at radius 2 is 1.18 bits per heavy atom. The number of hydrogen-bond acceptors (Lipinski definition) is 2. The van der Waals surface area contributed by atoms with Gasteiger partial charge in [0, 0.05) is 49.3 Å². The smallest absolute Gasteiger partial charge is 0.152 e. The van der Waals surface area contributed by atoms with E-state index in [1.165, 1.54) is 76.8 Å². The SMILES string of the molecule is CC1(C)C2=C(NC(c3ccc4c(c3)c3ccccc3n4-c3ccccc3)=NC2n2c3ccccc3c3cc4ccccc4cc32)c2ccccc21. The zero-order chi connectivity index (χ0) is 33.8. The summed E-state index contributed by atoms with van der Waals surface area (Å²) in [5, 5.41) is 11.3. The fourth-order valence-corrected chi connectivity index (χ4v) is 9.03. The van der Waals surface area contributed by atoms with Gasteiger partial charge in [-0.2, -0.15) is 0 Å². The molecule has 11 rings (SSSR count). The van der Waals surface area contributed by atoms with E-state index in [0.717, 1.165) is 17.1 Å². The van der Waals surface area contributed by atoms with E-state index in [-0.39, 0.29) is 11.6 Å². The molecule has 0 saturated heterocycles. The Hall–Kier alpha value is -6.39. The Morgan fingerprint density at radius 1 is 0.549 bits per heavy atom. The Bertz CT molecular complexity index is 2970. The fourth-order valence-electron chi connectivity index (χ4n) is 9.03. The molecule has 242 valence electrons. The molecule has 1 N–H and O–H groups in total. The second-order valence-corrected chi connectivity index (χ2v) is 14.5. The summed E-state index contributed by atoms with van der Waals surface area (Å²) >= 11 is 0. The van der Waals surface area contributed by atoms with Crippen LogP contribution in [0.3, 0.4) is 0 Å². The van der Waals surface area contributed by atoms with Gasteiger partial charge in [-0.05, 0) is 70.9 Å². The van der Waals surface area contributed by atoms with Crippen LogP contribution in [-0.4, -0.2) is 15.0 Å². The third-order valence-corrected chi connectivity index (χ3v) is 11.3. The monoisotopic (exact) mass is 654 g/mol. The average molecular weight is 655 g/mol. The maximum Gasteiger partial charge on any atom is 0.152 e. The number of nitrogens with one attached hydrogen (secondary N) is 1. The lowest BCUT2D eigenvalue weighted by Gasteiger charge is -2.34. The van der Waals surface area contributed by atoms with Gasteiger partial charge < -0.3 is 14.5 Å². The number of nitrogens with zero attached hydrogens (tertiary/aromatic N) is 3. The van der Waals surface area contributed by atoms with Gasteiger partial charge in [0.2, 0.25) is 0 Å². The van der Waals surface area contributed by atoms with Gasteiger partial charge >= 0.3 is 0 Å². The lowest BCUT2D eigenvalue weighted by Crippen LogP contribution is -2.34. The molecular formula is C47H34N4. The number of fused-ring (bicyclic) bond motifs is 9. The van der Waals surface area contributed by atoms with E-state index < -0.39 is 0 Å². The van der Waals surface area contributed by atoms with Crippen LogP contribution in [0.25, 0.3) is 65.8 Å². The molecule has 0 saturated carbocycles. The highest BCUT2D eigenvalue weighted by Gasteiger charge is 2.45. The maximum atomic E-state index is 5.75. The lowest BCUT2D eigenvalue weighted by molar-refractivity contribution is 0.511. The van der Waals surface area contributed by atoms with E-state index in [2.05, 4.69) is 186 Å². The van der Waals surface area contributed by atoms with Gasteiger partial charge in [-0.15, -0.1) is 0 Å². The first kappa shape index (κ1) is 28.4. The second kappa shape index (κ2) is 10.3. The van der Waals surface area contributed by atoms with Crippen molar-refractivity contribution in [2.45, 2.75) is 25.4 Å². The molecule has 1 aliphatic carbocycles. The molecule has 1 aliphatic heterocycles. The molecule has 7 aromatic carbocycles. The summed E-state index contributed by atoms with van der Waals surface area (Å²) in [4.78, 5) is 5.75. The fraction of sp³-hybridized carbons (Fsp3) is 0.0851. The van der Waals surface area contributed by atoms with Crippen LogP contribution in [0.2, 0.25) is 0 Å². The summed E-state index contributed by atoms with van der Waals surface area (Å²) in [7, 11) is 0. The van der Waals surface area contributed by atoms with Gasteiger partial charge in [0.15, 0.2) is 6.17 Å². The molecule has 0 radical (unpaired) electrons. The predicted octanol–water partition coefficient (Wildman–Crippen LogP) is 11.3. The van der Waals surface area contributed by atoms with Crippen LogP contribution in [-0.2, 0) is 5.41 Å². The Balaban J connectivity index is 1.19. The van der Waals surface area contributed by atoms with Crippen molar-refractivity contribution in [2.24, 2.45) is 4.99 Å². The Kier molecular flexibility index (Phi) is 5.75. The molecule has 0 amide bonds. The predicted molar refractivity (Wildman–Crippen MR) is 213 cm³/mol. The van der Waals surface area contributed by atoms with Gasteiger partial charge in [-0.1, -0.05) is 117 Å². The molecule has 4 heteroatoms. The average Bonchev–Trinajstić information content (AvgIpc) is 3.76. The number of para-hydroxylation sites is 3. The summed E-state index contributed by atoms with van der Waals surface area (Å²) in [6, 6.07) is 57.3. The summed E-state index contributed by atoms with van der Waals surface area (Å²) in [6.07, 6.45) is -0.261. The number of rotatable bonds is 3. The molecule has 0 spiro atoms. The quantitative estimate of drug-likeness (QED) is 0.202. The van der Waals surface area contributed by atoms with Crippen molar-refractivity contribution in [2.75, 3.05) is 0 Å². The van der Waals surface area contributed by atoms with Gasteiger partial charge in [-0.25, -0.2) is 4.99 Å². The van der Waals surface area contributed by atoms with Crippen LogP contribution >= 0.6 is 0 Å². The summed E-state index contributed by atoms with van der Waals surface area (Å²) in [5.74, 6) is 0.886. The number of hydrogen-bond donors (Lipinski definition) is 1. The van der Waals surface area contributed by atoms with Gasteiger partial charge in [0.25, 0.3) is 0 Å². The van der Waals surface area contributed by atoms with Crippen LogP contribution in [0, 0.1) is 0 Å². The van der Waals surface area contributed by atoms with E-state index in [1.807, 2.05) is 0 Å². The molecule has 9 aromatic rings. The van der Waals surface area contributed by atoms with Crippen molar-refractivity contribution in [3.05, 3.63) is 180 Å². The molecule has 2 aromatic heterocycles. The number of aromatic nitrogens is 2. The van der Waals surface area contributed by atoms with Gasteiger partial charge in [0.1, 0.15) is 5.84 Å². The van der Waals surface area contributed by atoms with Crippen LogP contribution in [0.5, 0.6) is 0 Å². The minimum Gasteiger partial charge on any atom is -0.339 e. The topological polar surface area (TPSA) is 34.2 Å². The zero-order valence-electron chi connectivity index (χ0n) is 28.4. The molecule has 4 nitrogen and oxygen atoms in total. The molecule has 1 atom stereocenters.